The van der Waals surface area contributed by atoms with E-state index in [1.54, 1.807) is 12.3 Å². The summed E-state index contributed by atoms with van der Waals surface area (Å²) in [7, 11) is -4.54. The Balaban J connectivity index is 0.00000324. The molecule has 8 heteroatoms. The molecule has 0 unspecified atom stereocenters. The zero-order valence-corrected chi connectivity index (χ0v) is 14.8. The molecule has 0 saturated carbocycles. The Morgan fingerprint density at radius 3 is 2.53 bits per heavy atom. The summed E-state index contributed by atoms with van der Waals surface area (Å²) >= 11 is 1.36. The summed E-state index contributed by atoms with van der Waals surface area (Å²) in [6.45, 7) is 2.95. The van der Waals surface area contributed by atoms with Crippen LogP contribution in [0.4, 0.5) is 0 Å². The standard InChI is InChI=1S/C11H16O5S2.Na/c1-3-15-6-7-16-10-5-4-9(17-2)8-11(10)18(12,13)14;/h4-5,8H,3,6-7H2,1-2H3,(H,12,13,14);/q;+1/p-1. The van der Waals surface area contributed by atoms with E-state index in [4.69, 9.17) is 9.47 Å². The molecule has 102 valence electrons. The Bertz CT molecular complexity index is 490. The van der Waals surface area contributed by atoms with Crippen LogP contribution >= 0.6 is 11.8 Å². The average molecular weight is 314 g/mol. The monoisotopic (exact) mass is 314 g/mol. The van der Waals surface area contributed by atoms with E-state index in [2.05, 4.69) is 0 Å². The summed E-state index contributed by atoms with van der Waals surface area (Å²) in [5.74, 6) is 0.0718. The molecule has 19 heavy (non-hydrogen) atoms. The van der Waals surface area contributed by atoms with Crippen LogP contribution in [-0.2, 0) is 14.9 Å². The van der Waals surface area contributed by atoms with Gasteiger partial charge in [-0.2, -0.15) is 0 Å². The molecule has 0 amide bonds. The zero-order chi connectivity index (χ0) is 13.6. The van der Waals surface area contributed by atoms with Crippen LogP contribution in [0.5, 0.6) is 5.75 Å². The molecule has 0 radical (unpaired) electrons. The van der Waals surface area contributed by atoms with E-state index in [-0.39, 0.29) is 46.8 Å². The van der Waals surface area contributed by atoms with Gasteiger partial charge in [-0.3, -0.25) is 0 Å². The molecule has 1 aromatic rings. The quantitative estimate of drug-likeness (QED) is 0.270. The van der Waals surface area contributed by atoms with E-state index < -0.39 is 10.1 Å². The molecule has 0 heterocycles. The van der Waals surface area contributed by atoms with E-state index in [9.17, 15) is 13.0 Å². The second-order valence-corrected chi connectivity index (χ2v) is 5.54. The first-order valence-electron chi connectivity index (χ1n) is 5.33. The van der Waals surface area contributed by atoms with Gasteiger partial charge in [0.05, 0.1) is 11.5 Å². The molecule has 0 aliphatic carbocycles. The molecule has 0 N–H and O–H groups in total. The predicted molar refractivity (Wildman–Crippen MR) is 68.2 cm³/mol. The van der Waals surface area contributed by atoms with Crippen molar-refractivity contribution in [1.82, 2.24) is 0 Å². The molecule has 0 spiro atoms. The Morgan fingerprint density at radius 2 is 2.00 bits per heavy atom. The summed E-state index contributed by atoms with van der Waals surface area (Å²) in [6, 6.07) is 4.51. The Hall–Kier alpha value is 0.240. The Kier molecular flexibility index (Phi) is 9.34. The molecule has 1 rings (SSSR count). The molecular formula is C11H15NaO5S2. The predicted octanol–water partition coefficient (Wildman–Crippen LogP) is -1.27. The van der Waals surface area contributed by atoms with E-state index in [1.165, 1.54) is 23.9 Å². The molecule has 1 aromatic carbocycles. The van der Waals surface area contributed by atoms with Gasteiger partial charge in [0.25, 0.3) is 0 Å². The SMILES string of the molecule is CCOCCOc1ccc(SC)cc1S(=O)(=O)[O-].[Na+]. The van der Waals surface area contributed by atoms with Crippen LogP contribution in [0, 0.1) is 0 Å². The summed E-state index contributed by atoms with van der Waals surface area (Å²) < 4.78 is 43.7. The van der Waals surface area contributed by atoms with Crippen LogP contribution in [0.15, 0.2) is 28.0 Å². The van der Waals surface area contributed by atoms with Crippen molar-refractivity contribution in [3.63, 3.8) is 0 Å². The maximum absolute atomic E-state index is 11.1. The molecule has 0 saturated heterocycles. The zero-order valence-electron chi connectivity index (χ0n) is 11.2. The van der Waals surface area contributed by atoms with Gasteiger partial charge in [0.2, 0.25) is 0 Å². The van der Waals surface area contributed by atoms with Crippen LogP contribution < -0.4 is 34.3 Å². The maximum Gasteiger partial charge on any atom is 1.00 e. The fourth-order valence-corrected chi connectivity index (χ4v) is 2.44. The number of rotatable bonds is 7. The van der Waals surface area contributed by atoms with Gasteiger partial charge in [0.1, 0.15) is 22.5 Å². The van der Waals surface area contributed by atoms with Crippen LogP contribution in [-0.4, -0.2) is 39.0 Å². The molecular weight excluding hydrogens is 299 g/mol. The fourth-order valence-electron chi connectivity index (χ4n) is 1.28. The third-order valence-electron chi connectivity index (χ3n) is 2.11. The number of thioether (sulfide) groups is 1. The minimum absolute atomic E-state index is 0. The van der Waals surface area contributed by atoms with Crippen LogP contribution in [0.3, 0.4) is 0 Å². The van der Waals surface area contributed by atoms with Gasteiger partial charge in [-0.25, -0.2) is 8.42 Å². The van der Waals surface area contributed by atoms with Crippen molar-refractivity contribution in [3.8, 4) is 5.75 Å². The van der Waals surface area contributed by atoms with Gasteiger partial charge in [-0.05, 0) is 31.4 Å². The van der Waals surface area contributed by atoms with E-state index >= 15 is 0 Å². The Morgan fingerprint density at radius 1 is 1.32 bits per heavy atom. The normalized spacial score (nSPS) is 10.9. The van der Waals surface area contributed by atoms with Gasteiger partial charge < -0.3 is 14.0 Å². The van der Waals surface area contributed by atoms with Crippen molar-refractivity contribution < 1.29 is 52.0 Å². The number of benzene rings is 1. The van der Waals surface area contributed by atoms with Crippen LogP contribution in [0.2, 0.25) is 0 Å². The summed E-state index contributed by atoms with van der Waals surface area (Å²) in [4.78, 5) is 0.368. The second-order valence-electron chi connectivity index (χ2n) is 3.31. The van der Waals surface area contributed by atoms with Crippen molar-refractivity contribution in [2.45, 2.75) is 16.7 Å². The van der Waals surface area contributed by atoms with Gasteiger partial charge in [-0.15, -0.1) is 11.8 Å². The largest absolute Gasteiger partial charge is 1.00 e. The molecule has 0 aromatic heterocycles. The third kappa shape index (κ3) is 6.48. The van der Waals surface area contributed by atoms with E-state index in [1.807, 2.05) is 6.92 Å². The maximum atomic E-state index is 11.1. The van der Waals surface area contributed by atoms with Gasteiger partial charge in [0.15, 0.2) is 0 Å². The number of hydrogen-bond acceptors (Lipinski definition) is 6. The van der Waals surface area contributed by atoms with Crippen molar-refractivity contribution in [1.29, 1.82) is 0 Å². The minimum Gasteiger partial charge on any atom is -0.744 e. The average Bonchev–Trinajstić information content (AvgIpc) is 2.33. The van der Waals surface area contributed by atoms with Crippen LogP contribution in [0.25, 0.3) is 0 Å². The fraction of sp³-hybridized carbons (Fsp3) is 0.455. The molecule has 0 atom stereocenters. The van der Waals surface area contributed by atoms with Crippen molar-refractivity contribution in [3.05, 3.63) is 18.2 Å². The van der Waals surface area contributed by atoms with Crippen molar-refractivity contribution in [2.24, 2.45) is 0 Å². The number of hydrogen-bond donors (Lipinski definition) is 0. The summed E-state index contributed by atoms with van der Waals surface area (Å²) in [6.07, 6.45) is 1.80. The number of ether oxygens (including phenoxy) is 2. The van der Waals surface area contributed by atoms with E-state index in [0.717, 1.165) is 0 Å². The molecule has 0 fully saturated rings. The minimum atomic E-state index is -4.54. The molecule has 0 bridgehead atoms. The van der Waals surface area contributed by atoms with Crippen molar-refractivity contribution in [2.75, 3.05) is 26.1 Å². The smallest absolute Gasteiger partial charge is 0.744 e. The van der Waals surface area contributed by atoms with Gasteiger partial charge in [-0.1, -0.05) is 0 Å². The second kappa shape index (κ2) is 9.23. The summed E-state index contributed by atoms with van der Waals surface area (Å²) in [5.41, 5.74) is 0. The first-order chi connectivity index (χ1) is 8.49. The molecule has 5 nitrogen and oxygen atoms in total. The van der Waals surface area contributed by atoms with Gasteiger partial charge >= 0.3 is 29.6 Å². The van der Waals surface area contributed by atoms with E-state index in [0.29, 0.717) is 18.1 Å². The third-order valence-corrected chi connectivity index (χ3v) is 3.69. The van der Waals surface area contributed by atoms with Crippen molar-refractivity contribution >= 4 is 21.9 Å². The molecule has 0 aliphatic heterocycles. The topological polar surface area (TPSA) is 75.7 Å². The van der Waals surface area contributed by atoms with Gasteiger partial charge in [0, 0.05) is 11.5 Å². The summed E-state index contributed by atoms with van der Waals surface area (Å²) in [5, 5.41) is 0. The first-order valence-corrected chi connectivity index (χ1v) is 7.96. The Labute approximate surface area is 140 Å². The molecule has 0 aliphatic rings. The van der Waals surface area contributed by atoms with Crippen LogP contribution in [0.1, 0.15) is 6.92 Å². The first kappa shape index (κ1) is 19.2.